The summed E-state index contributed by atoms with van der Waals surface area (Å²) in [5, 5.41) is 1.82. The molecule has 0 bridgehead atoms. The number of aromatic nitrogens is 2. The van der Waals surface area contributed by atoms with Gasteiger partial charge >= 0.3 is 6.03 Å². The van der Waals surface area contributed by atoms with Gasteiger partial charge in [-0.2, -0.15) is 0 Å². The lowest BCUT2D eigenvalue weighted by Crippen LogP contribution is -2.71. The summed E-state index contributed by atoms with van der Waals surface area (Å²) in [6.07, 6.45) is 1.64. The number of nitrogens with zero attached hydrogens (tertiary/aromatic N) is 3. The second-order valence-corrected chi connectivity index (χ2v) is 10.4. The number of anilines is 1. The topological polar surface area (TPSA) is 93.5 Å². The molecule has 162 valence electrons. The number of carbonyl (C=O) groups excluding carboxylic acids is 1. The van der Waals surface area contributed by atoms with Crippen molar-refractivity contribution in [2.24, 2.45) is 0 Å². The molecule has 2 aliphatic rings. The average molecular weight is 444 g/mol. The van der Waals surface area contributed by atoms with Crippen LogP contribution < -0.4 is 5.32 Å². The van der Waals surface area contributed by atoms with Crippen molar-refractivity contribution in [2.45, 2.75) is 17.4 Å². The van der Waals surface area contributed by atoms with Crippen LogP contribution in [0.25, 0.3) is 11.0 Å². The van der Waals surface area contributed by atoms with Gasteiger partial charge in [-0.1, -0.05) is 24.3 Å². The van der Waals surface area contributed by atoms with Crippen LogP contribution in [0.1, 0.15) is 0 Å². The molecule has 2 aliphatic heterocycles. The monoisotopic (exact) mass is 444 g/mol. The van der Waals surface area contributed by atoms with E-state index in [2.05, 4.69) is 10.3 Å². The molecule has 0 unspecified atom stereocenters. The smallest absolute Gasteiger partial charge is 0.322 e. The fourth-order valence-electron chi connectivity index (χ4n) is 4.17. The van der Waals surface area contributed by atoms with E-state index < -0.39 is 32.5 Å². The molecule has 31 heavy (non-hydrogen) atoms. The Morgan fingerprint density at radius 1 is 1.19 bits per heavy atom. The van der Waals surface area contributed by atoms with Gasteiger partial charge in [0.25, 0.3) is 0 Å². The van der Waals surface area contributed by atoms with Crippen molar-refractivity contribution in [3.05, 3.63) is 60.7 Å². The number of amides is 2. The third-order valence-corrected chi connectivity index (χ3v) is 8.07. The summed E-state index contributed by atoms with van der Waals surface area (Å²) in [6, 6.07) is 12.9. The van der Waals surface area contributed by atoms with Gasteiger partial charge in [0.15, 0.2) is 9.84 Å². The predicted octanol–water partition coefficient (Wildman–Crippen LogP) is 2.28. The molecule has 10 heteroatoms. The number of ether oxygens (including phenoxy) is 1. The molecule has 1 atom stereocenters. The van der Waals surface area contributed by atoms with Crippen molar-refractivity contribution in [1.82, 2.24) is 14.5 Å². The number of likely N-dealkylation sites (tertiary alicyclic amines) is 1. The van der Waals surface area contributed by atoms with Crippen molar-refractivity contribution in [3.8, 4) is 0 Å². The van der Waals surface area contributed by atoms with Crippen LogP contribution in [-0.2, 0) is 21.1 Å². The molecule has 0 radical (unpaired) electrons. The van der Waals surface area contributed by atoms with Crippen molar-refractivity contribution >= 4 is 32.6 Å². The summed E-state index contributed by atoms with van der Waals surface area (Å²) in [5.41, 5.74) is 0.860. The third kappa shape index (κ3) is 3.66. The number of urea groups is 1. The first-order chi connectivity index (χ1) is 14.9. The number of fused-ring (bicyclic) bond motifs is 1. The van der Waals surface area contributed by atoms with Crippen molar-refractivity contribution in [3.63, 3.8) is 0 Å². The van der Waals surface area contributed by atoms with E-state index in [1.165, 1.54) is 23.1 Å². The Morgan fingerprint density at radius 2 is 1.94 bits per heavy atom. The number of carbonyl (C=O) groups is 1. The van der Waals surface area contributed by atoms with E-state index in [9.17, 15) is 17.6 Å². The first-order valence-electron chi connectivity index (χ1n) is 9.91. The zero-order valence-corrected chi connectivity index (χ0v) is 17.4. The number of nitrogens with one attached hydrogen (secondary N) is 1. The molecular formula is C21H21FN4O4S. The highest BCUT2D eigenvalue weighted by molar-refractivity contribution is 7.92. The number of rotatable bonds is 3. The summed E-state index contributed by atoms with van der Waals surface area (Å²) in [7, 11) is -3.44. The van der Waals surface area contributed by atoms with Gasteiger partial charge in [0, 0.05) is 6.54 Å². The predicted molar refractivity (Wildman–Crippen MR) is 113 cm³/mol. The zero-order chi connectivity index (χ0) is 21.6. The number of sulfone groups is 1. The number of hydrogen-bond acceptors (Lipinski definition) is 5. The van der Waals surface area contributed by atoms with Gasteiger partial charge in [0.2, 0.25) is 0 Å². The summed E-state index contributed by atoms with van der Waals surface area (Å²) in [6.45, 7) is 0.606. The number of halogens is 1. The van der Waals surface area contributed by atoms with Crippen LogP contribution in [-0.4, -0.2) is 65.2 Å². The van der Waals surface area contributed by atoms with Crippen LogP contribution in [0.15, 0.2) is 54.9 Å². The molecule has 8 nitrogen and oxygen atoms in total. The molecule has 1 aromatic heterocycles. The Balaban J connectivity index is 1.23. The van der Waals surface area contributed by atoms with Gasteiger partial charge in [-0.05, 0) is 24.3 Å². The highest BCUT2D eigenvalue weighted by atomic mass is 32.2. The number of para-hydroxylation sites is 3. The highest BCUT2D eigenvalue weighted by Gasteiger charge is 2.54. The third-order valence-electron chi connectivity index (χ3n) is 5.84. The van der Waals surface area contributed by atoms with Crippen LogP contribution in [0.4, 0.5) is 14.9 Å². The molecule has 3 heterocycles. The summed E-state index contributed by atoms with van der Waals surface area (Å²) < 4.78 is 47.5. The van der Waals surface area contributed by atoms with E-state index in [1.54, 1.807) is 12.4 Å². The van der Waals surface area contributed by atoms with Crippen LogP contribution in [0.2, 0.25) is 0 Å². The summed E-state index contributed by atoms with van der Waals surface area (Å²) >= 11 is 0. The molecule has 1 N–H and O–H groups in total. The van der Waals surface area contributed by atoms with Gasteiger partial charge in [-0.3, -0.25) is 0 Å². The number of imidazole rings is 1. The summed E-state index contributed by atoms with van der Waals surface area (Å²) in [5.74, 6) is -0.682. The normalized spacial score (nSPS) is 21.7. The number of hydrogen-bond donors (Lipinski definition) is 1. The molecule has 3 aromatic rings. The molecular weight excluding hydrogens is 423 g/mol. The molecule has 0 saturated carbocycles. The van der Waals surface area contributed by atoms with E-state index in [4.69, 9.17) is 4.74 Å². The van der Waals surface area contributed by atoms with Crippen molar-refractivity contribution in [2.75, 3.05) is 30.8 Å². The SMILES string of the molecule is O=C(Nc1ccccc1F)N1CC2(C1)CS(=O)(=O)[C@@H](Cn1cnc3ccccc31)CO2. The van der Waals surface area contributed by atoms with Gasteiger partial charge in [0.1, 0.15) is 16.7 Å². The maximum absolute atomic E-state index is 13.7. The highest BCUT2D eigenvalue weighted by Crippen LogP contribution is 2.33. The first-order valence-corrected chi connectivity index (χ1v) is 11.6. The summed E-state index contributed by atoms with van der Waals surface area (Å²) in [4.78, 5) is 18.1. The van der Waals surface area contributed by atoms with E-state index in [1.807, 2.05) is 28.8 Å². The van der Waals surface area contributed by atoms with E-state index in [-0.39, 0.29) is 37.7 Å². The average Bonchev–Trinajstić information content (AvgIpc) is 3.12. The first kappa shape index (κ1) is 20.0. The Labute approximate surface area is 178 Å². The second-order valence-electron chi connectivity index (χ2n) is 8.07. The fourth-order valence-corrected chi connectivity index (χ4v) is 6.07. The lowest BCUT2D eigenvalue weighted by Gasteiger charge is -2.51. The lowest BCUT2D eigenvalue weighted by molar-refractivity contribution is -0.117. The molecule has 1 spiro atoms. The van der Waals surface area contributed by atoms with Gasteiger partial charge < -0.3 is 19.5 Å². The molecule has 2 amide bonds. The minimum absolute atomic E-state index is 0.0532. The second kappa shape index (κ2) is 7.31. The van der Waals surface area contributed by atoms with Gasteiger partial charge in [0.05, 0.1) is 48.5 Å². The van der Waals surface area contributed by atoms with Gasteiger partial charge in [-0.25, -0.2) is 22.6 Å². The minimum atomic E-state index is -3.44. The molecule has 0 aliphatic carbocycles. The maximum Gasteiger partial charge on any atom is 0.322 e. The molecule has 2 saturated heterocycles. The Hall–Kier alpha value is -2.98. The minimum Gasteiger partial charge on any atom is -0.369 e. The van der Waals surface area contributed by atoms with E-state index >= 15 is 0 Å². The Kier molecular flexibility index (Phi) is 4.71. The number of benzene rings is 2. The van der Waals surface area contributed by atoms with Gasteiger partial charge in [-0.15, -0.1) is 0 Å². The molecule has 5 rings (SSSR count). The van der Waals surface area contributed by atoms with Crippen LogP contribution in [0.3, 0.4) is 0 Å². The Bertz CT molecular complexity index is 1250. The molecule has 2 aromatic carbocycles. The van der Waals surface area contributed by atoms with Crippen molar-refractivity contribution in [1.29, 1.82) is 0 Å². The maximum atomic E-state index is 13.7. The largest absolute Gasteiger partial charge is 0.369 e. The van der Waals surface area contributed by atoms with Crippen LogP contribution in [0, 0.1) is 5.82 Å². The zero-order valence-electron chi connectivity index (χ0n) is 16.6. The Morgan fingerprint density at radius 3 is 2.71 bits per heavy atom. The molecule has 2 fully saturated rings. The quantitative estimate of drug-likeness (QED) is 0.669. The van der Waals surface area contributed by atoms with E-state index in [0.717, 1.165) is 11.0 Å². The van der Waals surface area contributed by atoms with Crippen LogP contribution >= 0.6 is 0 Å². The van der Waals surface area contributed by atoms with Crippen molar-refractivity contribution < 1.29 is 22.3 Å². The fraction of sp³-hybridized carbons (Fsp3) is 0.333. The van der Waals surface area contributed by atoms with Crippen LogP contribution in [0.5, 0.6) is 0 Å². The van der Waals surface area contributed by atoms with E-state index in [0.29, 0.717) is 0 Å². The standard InChI is InChI=1S/C21H21FN4O4S/c22-16-5-1-2-6-17(16)24-20(27)26-11-21(12-26)13-31(28,29)15(10-30-21)9-25-14-23-18-7-3-4-8-19(18)25/h1-8,14-15H,9-13H2,(H,24,27)/t15-/m0/s1. The lowest BCUT2D eigenvalue weighted by atomic mass is 9.96.